The number of amides is 3. The second-order valence-electron chi connectivity index (χ2n) is 6.21. The van der Waals surface area contributed by atoms with E-state index in [4.69, 9.17) is 0 Å². The predicted molar refractivity (Wildman–Crippen MR) is 106 cm³/mol. The molecule has 3 rings (SSSR count). The number of carbonyl (C=O) groups excluding carboxylic acids is 3. The fourth-order valence-corrected chi connectivity index (χ4v) is 3.94. The zero-order valence-electron chi connectivity index (χ0n) is 14.8. The molecule has 2 heterocycles. The zero-order chi connectivity index (χ0) is 19.4. The van der Waals surface area contributed by atoms with E-state index in [9.17, 15) is 14.4 Å². The van der Waals surface area contributed by atoms with Crippen LogP contribution in [0.3, 0.4) is 0 Å². The Hall–Kier alpha value is -2.13. The van der Waals surface area contributed by atoms with E-state index in [1.54, 1.807) is 18.2 Å². The molecular formula is C18H19BrN4O3S. The summed E-state index contributed by atoms with van der Waals surface area (Å²) in [6, 6.07) is 5.02. The summed E-state index contributed by atoms with van der Waals surface area (Å²) in [5, 5.41) is 12.1. The Bertz CT molecular complexity index is 883. The minimum absolute atomic E-state index is 0.195. The Morgan fingerprint density at radius 2 is 1.96 bits per heavy atom. The second-order valence-corrected chi connectivity index (χ2v) is 8.19. The van der Waals surface area contributed by atoms with Gasteiger partial charge in [-0.25, -0.2) is 0 Å². The number of unbranched alkanes of at least 4 members (excludes halogenated alkanes) is 1. The van der Waals surface area contributed by atoms with Crippen LogP contribution in [0.25, 0.3) is 0 Å². The molecular weight excluding hydrogens is 432 g/mol. The summed E-state index contributed by atoms with van der Waals surface area (Å²) >= 11 is 4.68. The molecule has 2 aromatic rings. The molecule has 1 N–H and O–H groups in total. The molecule has 1 aliphatic rings. The van der Waals surface area contributed by atoms with Crippen molar-refractivity contribution in [2.75, 3.05) is 11.9 Å². The summed E-state index contributed by atoms with van der Waals surface area (Å²) < 4.78 is 0.749. The Kier molecular flexibility index (Phi) is 6.33. The number of anilines is 1. The summed E-state index contributed by atoms with van der Waals surface area (Å²) in [5.41, 5.74) is 0.799. The molecule has 0 aliphatic carbocycles. The van der Waals surface area contributed by atoms with Crippen LogP contribution >= 0.6 is 27.3 Å². The second kappa shape index (κ2) is 8.71. The van der Waals surface area contributed by atoms with Crippen LogP contribution in [-0.2, 0) is 11.2 Å². The van der Waals surface area contributed by atoms with Crippen LogP contribution in [0.4, 0.5) is 5.13 Å². The molecule has 0 saturated heterocycles. The van der Waals surface area contributed by atoms with Gasteiger partial charge in [-0.2, -0.15) is 0 Å². The van der Waals surface area contributed by atoms with Crippen molar-refractivity contribution in [3.63, 3.8) is 0 Å². The van der Waals surface area contributed by atoms with Crippen LogP contribution in [0.15, 0.2) is 22.7 Å². The molecule has 0 unspecified atom stereocenters. The first-order chi connectivity index (χ1) is 13.0. The molecule has 1 aliphatic heterocycles. The summed E-state index contributed by atoms with van der Waals surface area (Å²) in [6.07, 6.45) is 3.57. The number of fused-ring (bicyclic) bond motifs is 1. The minimum Gasteiger partial charge on any atom is -0.301 e. The molecule has 142 valence electrons. The van der Waals surface area contributed by atoms with Crippen LogP contribution in [-0.4, -0.2) is 39.4 Å². The van der Waals surface area contributed by atoms with E-state index in [0.29, 0.717) is 22.7 Å². The van der Waals surface area contributed by atoms with E-state index >= 15 is 0 Å². The van der Waals surface area contributed by atoms with E-state index in [1.807, 2.05) is 0 Å². The minimum atomic E-state index is -0.318. The van der Waals surface area contributed by atoms with Gasteiger partial charge in [-0.3, -0.25) is 19.3 Å². The topological polar surface area (TPSA) is 92.3 Å². The van der Waals surface area contributed by atoms with E-state index < -0.39 is 0 Å². The number of halogens is 1. The number of carbonyl (C=O) groups is 3. The highest BCUT2D eigenvalue weighted by atomic mass is 79.9. The van der Waals surface area contributed by atoms with Gasteiger partial charge < -0.3 is 5.32 Å². The van der Waals surface area contributed by atoms with Gasteiger partial charge in [0.25, 0.3) is 11.8 Å². The first-order valence-corrected chi connectivity index (χ1v) is 10.4. The van der Waals surface area contributed by atoms with Gasteiger partial charge >= 0.3 is 0 Å². The number of aryl methyl sites for hydroxylation is 1. The first-order valence-electron chi connectivity index (χ1n) is 8.77. The highest BCUT2D eigenvalue weighted by molar-refractivity contribution is 9.10. The highest BCUT2D eigenvalue weighted by Crippen LogP contribution is 2.26. The van der Waals surface area contributed by atoms with Gasteiger partial charge in [-0.15, -0.1) is 10.2 Å². The highest BCUT2D eigenvalue weighted by Gasteiger charge is 2.35. The normalized spacial score (nSPS) is 13.2. The maximum Gasteiger partial charge on any atom is 0.261 e. The van der Waals surface area contributed by atoms with Crippen LogP contribution < -0.4 is 5.32 Å². The fraction of sp³-hybridized carbons (Fsp3) is 0.389. The Morgan fingerprint density at radius 3 is 2.74 bits per heavy atom. The van der Waals surface area contributed by atoms with Crippen molar-refractivity contribution in [3.8, 4) is 0 Å². The van der Waals surface area contributed by atoms with Crippen LogP contribution in [0.1, 0.15) is 58.3 Å². The lowest BCUT2D eigenvalue weighted by Crippen LogP contribution is -2.31. The van der Waals surface area contributed by atoms with Gasteiger partial charge in [0.1, 0.15) is 5.01 Å². The number of nitrogens with one attached hydrogen (secondary N) is 1. The van der Waals surface area contributed by atoms with Gasteiger partial charge in [0.2, 0.25) is 11.0 Å². The maximum atomic E-state index is 12.4. The molecule has 7 nitrogen and oxygen atoms in total. The SMILES string of the molecule is CCCCc1nnc(NC(=O)CCCN2C(=O)c3ccc(Br)cc3C2=O)s1. The molecule has 3 amide bonds. The Morgan fingerprint density at radius 1 is 1.19 bits per heavy atom. The Labute approximate surface area is 169 Å². The molecule has 1 aromatic carbocycles. The Balaban J connectivity index is 1.48. The quantitative estimate of drug-likeness (QED) is 0.619. The number of imide groups is 1. The smallest absolute Gasteiger partial charge is 0.261 e. The van der Waals surface area contributed by atoms with Crippen molar-refractivity contribution in [1.29, 1.82) is 0 Å². The lowest BCUT2D eigenvalue weighted by molar-refractivity contribution is -0.116. The molecule has 27 heavy (non-hydrogen) atoms. The number of aromatic nitrogens is 2. The lowest BCUT2D eigenvalue weighted by Gasteiger charge is -2.13. The molecule has 0 bridgehead atoms. The van der Waals surface area contributed by atoms with E-state index in [-0.39, 0.29) is 30.7 Å². The molecule has 1 aromatic heterocycles. The summed E-state index contributed by atoms with van der Waals surface area (Å²) in [5.74, 6) is -0.832. The third-order valence-corrected chi connectivity index (χ3v) is 5.57. The summed E-state index contributed by atoms with van der Waals surface area (Å²) in [7, 11) is 0. The van der Waals surface area contributed by atoms with Crippen LogP contribution in [0.5, 0.6) is 0 Å². The third kappa shape index (κ3) is 4.59. The molecule has 9 heteroatoms. The number of benzene rings is 1. The largest absolute Gasteiger partial charge is 0.301 e. The number of hydrogen-bond acceptors (Lipinski definition) is 6. The predicted octanol–water partition coefficient (Wildman–Crippen LogP) is 3.66. The average Bonchev–Trinajstić information content (AvgIpc) is 3.17. The number of nitrogens with zero attached hydrogens (tertiary/aromatic N) is 3. The third-order valence-electron chi connectivity index (χ3n) is 4.18. The summed E-state index contributed by atoms with van der Waals surface area (Å²) in [4.78, 5) is 38.0. The van der Waals surface area contributed by atoms with Crippen molar-refractivity contribution in [3.05, 3.63) is 38.8 Å². The molecule has 0 saturated carbocycles. The standard InChI is InChI=1S/C18H19BrN4O3S/c1-2-3-6-15-21-22-18(27-15)20-14(24)5-4-9-23-16(25)12-8-7-11(19)10-13(12)17(23)26/h7-8,10H,2-6,9H2,1H3,(H,20,22,24). The molecule has 0 spiro atoms. The lowest BCUT2D eigenvalue weighted by atomic mass is 10.1. The van der Waals surface area contributed by atoms with Gasteiger partial charge in [0.05, 0.1) is 11.1 Å². The average molecular weight is 451 g/mol. The fourth-order valence-electron chi connectivity index (χ4n) is 2.78. The van der Waals surface area contributed by atoms with Crippen molar-refractivity contribution in [1.82, 2.24) is 15.1 Å². The zero-order valence-corrected chi connectivity index (χ0v) is 17.2. The number of hydrogen-bond donors (Lipinski definition) is 1. The van der Waals surface area contributed by atoms with Crippen molar-refractivity contribution in [2.24, 2.45) is 0 Å². The van der Waals surface area contributed by atoms with Crippen molar-refractivity contribution >= 4 is 50.1 Å². The molecule has 0 fully saturated rings. The maximum absolute atomic E-state index is 12.4. The van der Waals surface area contributed by atoms with Crippen LogP contribution in [0, 0.1) is 0 Å². The monoisotopic (exact) mass is 450 g/mol. The number of rotatable bonds is 8. The van der Waals surface area contributed by atoms with Gasteiger partial charge in [0, 0.05) is 23.9 Å². The van der Waals surface area contributed by atoms with Gasteiger partial charge in [-0.1, -0.05) is 40.6 Å². The molecule has 0 atom stereocenters. The van der Waals surface area contributed by atoms with Crippen LogP contribution in [0.2, 0.25) is 0 Å². The summed E-state index contributed by atoms with van der Waals surface area (Å²) in [6.45, 7) is 2.31. The first kappa shape index (κ1) is 19.6. The van der Waals surface area contributed by atoms with Crippen molar-refractivity contribution in [2.45, 2.75) is 39.0 Å². The van der Waals surface area contributed by atoms with E-state index in [1.165, 1.54) is 16.2 Å². The van der Waals surface area contributed by atoms with E-state index in [2.05, 4.69) is 38.4 Å². The van der Waals surface area contributed by atoms with Crippen molar-refractivity contribution < 1.29 is 14.4 Å². The van der Waals surface area contributed by atoms with Gasteiger partial charge in [0.15, 0.2) is 0 Å². The molecule has 0 radical (unpaired) electrons. The van der Waals surface area contributed by atoms with E-state index in [0.717, 1.165) is 28.7 Å². The van der Waals surface area contributed by atoms with Gasteiger partial charge in [-0.05, 0) is 31.0 Å².